The molecule has 0 saturated heterocycles. The molecule has 1 amide bonds. The van der Waals surface area contributed by atoms with Crippen LogP contribution < -0.4 is 10.6 Å². The number of hydrogen-bond acceptors (Lipinski definition) is 4. The van der Waals surface area contributed by atoms with E-state index in [1.807, 2.05) is 24.3 Å². The van der Waals surface area contributed by atoms with Crippen LogP contribution in [0.3, 0.4) is 0 Å². The predicted octanol–water partition coefficient (Wildman–Crippen LogP) is 2.10. The van der Waals surface area contributed by atoms with Gasteiger partial charge in [0.05, 0.1) is 6.10 Å². The molecule has 3 N–H and O–H groups in total. The molecular formula is C14H22N2O2S. The first-order valence-corrected chi connectivity index (χ1v) is 7.49. The quantitative estimate of drug-likeness (QED) is 0.505. The molecule has 5 heteroatoms. The summed E-state index contributed by atoms with van der Waals surface area (Å²) in [5.41, 5.74) is 0.794. The Hall–Kier alpha value is -1.04. The summed E-state index contributed by atoms with van der Waals surface area (Å²) in [6, 6.07) is 7.63. The van der Waals surface area contributed by atoms with Crippen LogP contribution in [-0.2, 0) is 4.79 Å². The molecule has 0 heterocycles. The van der Waals surface area contributed by atoms with E-state index in [0.29, 0.717) is 12.3 Å². The van der Waals surface area contributed by atoms with E-state index in [4.69, 9.17) is 0 Å². The molecule has 0 radical (unpaired) electrons. The second kappa shape index (κ2) is 8.96. The normalized spacial score (nSPS) is 12.2. The van der Waals surface area contributed by atoms with Gasteiger partial charge in [-0.3, -0.25) is 4.79 Å². The maximum Gasteiger partial charge on any atom is 0.221 e. The number of carbonyl (C=O) groups is 1. The highest BCUT2D eigenvalue weighted by molar-refractivity contribution is 7.99. The number of nitrogens with one attached hydrogen (secondary N) is 2. The summed E-state index contributed by atoms with van der Waals surface area (Å²) < 4.78 is 0. The van der Waals surface area contributed by atoms with E-state index in [-0.39, 0.29) is 12.0 Å². The zero-order valence-corrected chi connectivity index (χ0v) is 12.3. The molecule has 0 spiro atoms. The van der Waals surface area contributed by atoms with Crippen molar-refractivity contribution < 1.29 is 9.90 Å². The molecule has 0 aliphatic rings. The van der Waals surface area contributed by atoms with Gasteiger partial charge in [0.25, 0.3) is 0 Å². The van der Waals surface area contributed by atoms with Crippen molar-refractivity contribution in [3.05, 3.63) is 24.3 Å². The maximum atomic E-state index is 10.9. The van der Waals surface area contributed by atoms with E-state index in [1.54, 1.807) is 11.8 Å². The maximum absolute atomic E-state index is 10.9. The molecule has 0 aliphatic carbocycles. The molecular weight excluding hydrogens is 260 g/mol. The second-order valence-electron chi connectivity index (χ2n) is 4.37. The minimum Gasteiger partial charge on any atom is -0.391 e. The summed E-state index contributed by atoms with van der Waals surface area (Å²) in [6.07, 6.45) is 0.733. The third-order valence-corrected chi connectivity index (χ3v) is 3.58. The van der Waals surface area contributed by atoms with Crippen molar-refractivity contribution in [3.8, 4) is 0 Å². The number of thioether (sulfide) groups is 1. The number of anilines is 1. The zero-order valence-electron chi connectivity index (χ0n) is 11.5. The Morgan fingerprint density at radius 2 is 2.05 bits per heavy atom. The van der Waals surface area contributed by atoms with Crippen LogP contribution >= 0.6 is 11.8 Å². The number of benzene rings is 1. The van der Waals surface area contributed by atoms with Crippen molar-refractivity contribution in [3.63, 3.8) is 0 Å². The highest BCUT2D eigenvalue weighted by Gasteiger charge is 2.04. The number of rotatable bonds is 8. The van der Waals surface area contributed by atoms with E-state index in [0.717, 1.165) is 23.5 Å². The molecule has 4 nitrogen and oxygen atoms in total. The Bertz CT molecular complexity index is 382. The summed E-state index contributed by atoms with van der Waals surface area (Å²) in [4.78, 5) is 12.0. The van der Waals surface area contributed by atoms with Crippen molar-refractivity contribution >= 4 is 23.4 Å². The lowest BCUT2D eigenvalue weighted by molar-refractivity contribution is -0.114. The van der Waals surface area contributed by atoms with Gasteiger partial charge in [-0.25, -0.2) is 0 Å². The van der Waals surface area contributed by atoms with Crippen LogP contribution in [0.25, 0.3) is 0 Å². The molecule has 1 rings (SSSR count). The van der Waals surface area contributed by atoms with E-state index < -0.39 is 0 Å². The molecule has 1 aromatic rings. The molecule has 0 saturated carbocycles. The van der Waals surface area contributed by atoms with Crippen LogP contribution in [0, 0.1) is 0 Å². The molecule has 0 bridgehead atoms. The fourth-order valence-corrected chi connectivity index (χ4v) is 2.37. The van der Waals surface area contributed by atoms with Gasteiger partial charge in [-0.05, 0) is 37.2 Å². The van der Waals surface area contributed by atoms with Crippen molar-refractivity contribution in [2.24, 2.45) is 0 Å². The molecule has 0 fully saturated rings. The van der Waals surface area contributed by atoms with Crippen molar-refractivity contribution in [1.29, 1.82) is 0 Å². The summed E-state index contributed by atoms with van der Waals surface area (Å²) in [5, 5.41) is 15.7. The van der Waals surface area contributed by atoms with E-state index in [9.17, 15) is 9.90 Å². The first kappa shape index (κ1) is 16.0. The van der Waals surface area contributed by atoms with Gasteiger partial charge in [-0.2, -0.15) is 0 Å². The monoisotopic (exact) mass is 282 g/mol. The average Bonchev–Trinajstić information content (AvgIpc) is 2.37. The Balaban J connectivity index is 2.31. The van der Waals surface area contributed by atoms with Crippen LogP contribution in [0.1, 0.15) is 20.3 Å². The van der Waals surface area contributed by atoms with Crippen LogP contribution in [0.5, 0.6) is 0 Å². The Morgan fingerprint density at radius 1 is 1.37 bits per heavy atom. The second-order valence-corrected chi connectivity index (χ2v) is 5.47. The van der Waals surface area contributed by atoms with Gasteiger partial charge < -0.3 is 15.7 Å². The minimum absolute atomic E-state index is 0.0715. The Kier molecular flexibility index (Phi) is 7.55. The fraction of sp³-hybridized carbons (Fsp3) is 0.500. The average molecular weight is 282 g/mol. The highest BCUT2D eigenvalue weighted by atomic mass is 32.2. The third-order valence-electron chi connectivity index (χ3n) is 2.42. The number of amides is 1. The Labute approximate surface area is 119 Å². The topological polar surface area (TPSA) is 61.4 Å². The first-order chi connectivity index (χ1) is 9.11. The molecule has 106 valence electrons. The molecule has 0 aromatic heterocycles. The van der Waals surface area contributed by atoms with Crippen LogP contribution in [0.4, 0.5) is 5.69 Å². The highest BCUT2D eigenvalue weighted by Crippen LogP contribution is 2.20. The van der Waals surface area contributed by atoms with Crippen molar-refractivity contribution in [2.75, 3.05) is 24.2 Å². The van der Waals surface area contributed by atoms with Crippen LogP contribution in [-0.4, -0.2) is 36.0 Å². The Morgan fingerprint density at radius 3 is 2.63 bits per heavy atom. The standard InChI is InChI=1S/C14H22N2O2S/c1-3-8-15-9-13(18)10-19-14-6-4-12(5-7-14)16-11(2)17/h4-7,13,15,18H,3,8-10H2,1-2H3,(H,16,17). The van der Waals surface area contributed by atoms with Gasteiger partial charge in [0, 0.05) is 29.8 Å². The fourth-order valence-electron chi connectivity index (χ4n) is 1.53. The van der Waals surface area contributed by atoms with Crippen molar-refractivity contribution in [1.82, 2.24) is 5.32 Å². The number of aliphatic hydroxyl groups is 1. The lowest BCUT2D eigenvalue weighted by Gasteiger charge is -2.11. The zero-order chi connectivity index (χ0) is 14.1. The molecule has 1 unspecified atom stereocenters. The lowest BCUT2D eigenvalue weighted by Crippen LogP contribution is -2.28. The molecule has 1 aromatic carbocycles. The van der Waals surface area contributed by atoms with Crippen molar-refractivity contribution in [2.45, 2.75) is 31.3 Å². The lowest BCUT2D eigenvalue weighted by atomic mass is 10.3. The summed E-state index contributed by atoms with van der Waals surface area (Å²) >= 11 is 1.61. The third kappa shape index (κ3) is 7.20. The van der Waals surface area contributed by atoms with Crippen LogP contribution in [0.15, 0.2) is 29.2 Å². The predicted molar refractivity (Wildman–Crippen MR) is 80.6 cm³/mol. The SMILES string of the molecule is CCCNCC(O)CSc1ccc(NC(C)=O)cc1. The first-order valence-electron chi connectivity index (χ1n) is 6.51. The summed E-state index contributed by atoms with van der Waals surface area (Å²) in [7, 11) is 0. The van der Waals surface area contributed by atoms with Gasteiger partial charge >= 0.3 is 0 Å². The molecule has 1 atom stereocenters. The van der Waals surface area contributed by atoms with Gasteiger partial charge in [0.2, 0.25) is 5.91 Å². The minimum atomic E-state index is -0.341. The van der Waals surface area contributed by atoms with Crippen LogP contribution in [0.2, 0.25) is 0 Å². The van der Waals surface area contributed by atoms with E-state index in [2.05, 4.69) is 17.6 Å². The molecule has 19 heavy (non-hydrogen) atoms. The largest absolute Gasteiger partial charge is 0.391 e. The van der Waals surface area contributed by atoms with Gasteiger partial charge in [-0.1, -0.05) is 6.92 Å². The summed E-state index contributed by atoms with van der Waals surface area (Å²) in [6.45, 7) is 5.16. The van der Waals surface area contributed by atoms with Gasteiger partial charge in [0.15, 0.2) is 0 Å². The number of carbonyl (C=O) groups excluding carboxylic acids is 1. The summed E-state index contributed by atoms with van der Waals surface area (Å²) in [5.74, 6) is 0.591. The molecule has 0 aliphatic heterocycles. The van der Waals surface area contributed by atoms with Gasteiger partial charge in [-0.15, -0.1) is 11.8 Å². The van der Waals surface area contributed by atoms with Gasteiger partial charge in [0.1, 0.15) is 0 Å². The number of hydrogen-bond donors (Lipinski definition) is 3. The van der Waals surface area contributed by atoms with E-state index >= 15 is 0 Å². The smallest absolute Gasteiger partial charge is 0.221 e. The van der Waals surface area contributed by atoms with E-state index in [1.165, 1.54) is 6.92 Å². The number of aliphatic hydroxyl groups excluding tert-OH is 1.